The van der Waals surface area contributed by atoms with Crippen molar-refractivity contribution in [2.24, 2.45) is 5.84 Å². The number of hydrazine groups is 1. The van der Waals surface area contributed by atoms with Crippen molar-refractivity contribution in [3.8, 4) is 0 Å². The molecule has 0 saturated carbocycles. The number of nitrogen functional groups attached to an aromatic ring is 1. The van der Waals surface area contributed by atoms with Gasteiger partial charge in [0.05, 0.1) is 15.7 Å². The lowest BCUT2D eigenvalue weighted by Crippen LogP contribution is -2.11. The minimum Gasteiger partial charge on any atom is -0.338 e. The molecule has 0 radical (unpaired) electrons. The van der Waals surface area contributed by atoms with Gasteiger partial charge in [-0.15, -0.1) is 0 Å². The summed E-state index contributed by atoms with van der Waals surface area (Å²) in [7, 11) is 0. The summed E-state index contributed by atoms with van der Waals surface area (Å²) in [5, 5.41) is 4.12. The van der Waals surface area contributed by atoms with Gasteiger partial charge in [0.1, 0.15) is 17.5 Å². The van der Waals surface area contributed by atoms with E-state index in [1.165, 1.54) is 0 Å². The second kappa shape index (κ2) is 6.06. The molecule has 2 rings (SSSR count). The van der Waals surface area contributed by atoms with Crippen LogP contribution in [-0.2, 0) is 6.42 Å². The van der Waals surface area contributed by atoms with Gasteiger partial charge < -0.3 is 10.7 Å². The zero-order valence-electron chi connectivity index (χ0n) is 10.2. The highest BCUT2D eigenvalue weighted by molar-refractivity contribution is 6.39. The normalized spacial score (nSPS) is 10.3. The summed E-state index contributed by atoms with van der Waals surface area (Å²) in [4.78, 5) is 8.55. The molecule has 2 aromatic rings. The van der Waals surface area contributed by atoms with Crippen LogP contribution in [0, 0.1) is 0 Å². The third-order valence-corrected chi connectivity index (χ3v) is 3.08. The number of nitrogens with two attached hydrogens (primary N) is 1. The molecule has 0 bridgehead atoms. The number of nitrogens with one attached hydrogen (secondary N) is 2. The Morgan fingerprint density at radius 1 is 1.16 bits per heavy atom. The van der Waals surface area contributed by atoms with Gasteiger partial charge in [-0.1, -0.05) is 36.2 Å². The lowest BCUT2D eigenvalue weighted by atomic mass is 10.3. The zero-order valence-corrected chi connectivity index (χ0v) is 11.8. The first-order chi connectivity index (χ1) is 9.13. The molecular formula is C12H13Cl2N5. The molecule has 0 aliphatic heterocycles. The predicted molar refractivity (Wildman–Crippen MR) is 79.0 cm³/mol. The van der Waals surface area contributed by atoms with Crippen LogP contribution in [0.3, 0.4) is 0 Å². The average molecular weight is 298 g/mol. The van der Waals surface area contributed by atoms with Crippen molar-refractivity contribution in [1.82, 2.24) is 9.97 Å². The van der Waals surface area contributed by atoms with E-state index in [-0.39, 0.29) is 0 Å². The molecule has 5 nitrogen and oxygen atoms in total. The Hall–Kier alpha value is -1.56. The topological polar surface area (TPSA) is 75.9 Å². The standard InChI is InChI=1S/C12H13Cl2N5/c1-2-9-16-10(6-11(17-9)19-15)18-12-7(13)4-3-5-8(12)14/h3-6H,2,15H2,1H3,(H2,16,17,18,19). The van der Waals surface area contributed by atoms with Crippen LogP contribution >= 0.6 is 23.2 Å². The van der Waals surface area contributed by atoms with E-state index < -0.39 is 0 Å². The summed E-state index contributed by atoms with van der Waals surface area (Å²) in [6.07, 6.45) is 0.695. The van der Waals surface area contributed by atoms with Crippen molar-refractivity contribution in [2.75, 3.05) is 10.7 Å². The maximum absolute atomic E-state index is 6.10. The largest absolute Gasteiger partial charge is 0.338 e. The molecule has 0 saturated heterocycles. The average Bonchev–Trinajstić information content (AvgIpc) is 2.42. The Kier molecular flexibility index (Phi) is 4.42. The molecule has 1 aromatic heterocycles. The van der Waals surface area contributed by atoms with Crippen LogP contribution in [-0.4, -0.2) is 9.97 Å². The first-order valence-electron chi connectivity index (χ1n) is 5.69. The molecule has 0 spiro atoms. The summed E-state index contributed by atoms with van der Waals surface area (Å²) < 4.78 is 0. The number of para-hydroxylation sites is 1. The highest BCUT2D eigenvalue weighted by Gasteiger charge is 2.08. The molecule has 0 aliphatic rings. The van der Waals surface area contributed by atoms with E-state index in [0.29, 0.717) is 39.6 Å². The number of rotatable bonds is 4. The molecule has 4 N–H and O–H groups in total. The molecule has 1 heterocycles. The Balaban J connectivity index is 2.37. The summed E-state index contributed by atoms with van der Waals surface area (Å²) in [6, 6.07) is 6.96. The number of nitrogens with zero attached hydrogens (tertiary/aromatic N) is 2. The van der Waals surface area contributed by atoms with Crippen LogP contribution in [0.2, 0.25) is 10.0 Å². The van der Waals surface area contributed by atoms with Crippen molar-refractivity contribution in [3.05, 3.63) is 40.1 Å². The second-order valence-corrected chi connectivity index (χ2v) is 4.59. The third kappa shape index (κ3) is 3.26. The maximum atomic E-state index is 6.10. The van der Waals surface area contributed by atoms with E-state index in [0.717, 1.165) is 0 Å². The second-order valence-electron chi connectivity index (χ2n) is 3.77. The van der Waals surface area contributed by atoms with Crippen LogP contribution < -0.4 is 16.6 Å². The van der Waals surface area contributed by atoms with Crippen molar-refractivity contribution in [1.29, 1.82) is 0 Å². The number of aromatic nitrogens is 2. The minimum absolute atomic E-state index is 0.520. The van der Waals surface area contributed by atoms with Gasteiger partial charge in [-0.05, 0) is 12.1 Å². The van der Waals surface area contributed by atoms with Crippen molar-refractivity contribution in [2.45, 2.75) is 13.3 Å². The molecule has 0 atom stereocenters. The minimum atomic E-state index is 0.520. The molecule has 19 heavy (non-hydrogen) atoms. The number of benzene rings is 1. The predicted octanol–water partition coefficient (Wildman–Crippen LogP) is 3.38. The van der Waals surface area contributed by atoms with E-state index >= 15 is 0 Å². The fourth-order valence-electron chi connectivity index (χ4n) is 1.54. The first-order valence-corrected chi connectivity index (χ1v) is 6.45. The summed E-state index contributed by atoms with van der Waals surface area (Å²) >= 11 is 12.2. The van der Waals surface area contributed by atoms with Crippen molar-refractivity contribution < 1.29 is 0 Å². The summed E-state index contributed by atoms with van der Waals surface area (Å²) in [6.45, 7) is 1.96. The van der Waals surface area contributed by atoms with Crippen LogP contribution in [0.1, 0.15) is 12.7 Å². The van der Waals surface area contributed by atoms with Gasteiger partial charge in [-0.2, -0.15) is 0 Å². The van der Waals surface area contributed by atoms with Gasteiger partial charge in [-0.3, -0.25) is 0 Å². The third-order valence-electron chi connectivity index (χ3n) is 2.45. The van der Waals surface area contributed by atoms with Gasteiger partial charge in [0, 0.05) is 12.5 Å². The van der Waals surface area contributed by atoms with Gasteiger partial charge in [0.15, 0.2) is 0 Å². The SMILES string of the molecule is CCc1nc(NN)cc(Nc2c(Cl)cccc2Cl)n1. The Labute approximate surface area is 121 Å². The van der Waals surface area contributed by atoms with Crippen LogP contribution in [0.5, 0.6) is 0 Å². The van der Waals surface area contributed by atoms with E-state index in [2.05, 4.69) is 20.7 Å². The lowest BCUT2D eigenvalue weighted by Gasteiger charge is -2.11. The zero-order chi connectivity index (χ0) is 13.8. The van der Waals surface area contributed by atoms with Crippen LogP contribution in [0.25, 0.3) is 0 Å². The molecule has 0 aliphatic carbocycles. The highest BCUT2D eigenvalue weighted by atomic mass is 35.5. The molecule has 7 heteroatoms. The Bertz CT molecular complexity index is 546. The molecule has 100 valence electrons. The van der Waals surface area contributed by atoms with Gasteiger partial charge >= 0.3 is 0 Å². The number of halogens is 2. The molecular weight excluding hydrogens is 285 g/mol. The van der Waals surface area contributed by atoms with Crippen molar-refractivity contribution >= 4 is 40.5 Å². The fourth-order valence-corrected chi connectivity index (χ4v) is 2.03. The molecule has 0 fully saturated rings. The van der Waals surface area contributed by atoms with Gasteiger partial charge in [0.25, 0.3) is 0 Å². The molecule has 0 unspecified atom stereocenters. The number of aryl methyl sites for hydroxylation is 1. The Morgan fingerprint density at radius 3 is 2.37 bits per heavy atom. The summed E-state index contributed by atoms with van der Waals surface area (Å²) in [5.41, 5.74) is 3.11. The number of hydrogen-bond donors (Lipinski definition) is 3. The van der Waals surface area contributed by atoms with Gasteiger partial charge in [0.2, 0.25) is 0 Å². The molecule has 0 amide bonds. The van der Waals surface area contributed by atoms with Crippen LogP contribution in [0.4, 0.5) is 17.3 Å². The van der Waals surface area contributed by atoms with Gasteiger partial charge in [-0.25, -0.2) is 15.8 Å². The van der Waals surface area contributed by atoms with E-state index in [1.807, 2.05) is 6.92 Å². The summed E-state index contributed by atoms with van der Waals surface area (Å²) in [5.74, 6) is 7.15. The Morgan fingerprint density at radius 2 is 1.79 bits per heavy atom. The number of anilines is 3. The lowest BCUT2D eigenvalue weighted by molar-refractivity contribution is 0.941. The van der Waals surface area contributed by atoms with E-state index in [9.17, 15) is 0 Å². The quantitative estimate of drug-likeness (QED) is 0.596. The number of hydrogen-bond acceptors (Lipinski definition) is 5. The van der Waals surface area contributed by atoms with E-state index in [4.69, 9.17) is 29.0 Å². The van der Waals surface area contributed by atoms with Crippen molar-refractivity contribution in [3.63, 3.8) is 0 Å². The smallest absolute Gasteiger partial charge is 0.145 e. The maximum Gasteiger partial charge on any atom is 0.145 e. The molecule has 1 aromatic carbocycles. The fraction of sp³-hybridized carbons (Fsp3) is 0.167. The highest BCUT2D eigenvalue weighted by Crippen LogP contribution is 2.32. The monoisotopic (exact) mass is 297 g/mol. The van der Waals surface area contributed by atoms with Crippen LogP contribution in [0.15, 0.2) is 24.3 Å². The first kappa shape index (κ1) is 13.9. The van der Waals surface area contributed by atoms with E-state index in [1.54, 1.807) is 24.3 Å².